The first-order valence-corrected chi connectivity index (χ1v) is 9.42. The summed E-state index contributed by atoms with van der Waals surface area (Å²) in [7, 11) is 0. The highest BCUT2D eigenvalue weighted by atomic mass is 16.2. The molecule has 0 saturated carbocycles. The molecule has 1 N–H and O–H groups in total. The molecule has 0 spiro atoms. The fraction of sp³-hybridized carbons (Fsp3) is 0.600. The molecule has 0 bridgehead atoms. The lowest BCUT2D eigenvalue weighted by atomic mass is 9.89. The van der Waals surface area contributed by atoms with Crippen molar-refractivity contribution in [3.63, 3.8) is 0 Å². The van der Waals surface area contributed by atoms with Crippen LogP contribution in [0.25, 0.3) is 0 Å². The van der Waals surface area contributed by atoms with Gasteiger partial charge in [-0.15, -0.1) is 0 Å². The Morgan fingerprint density at radius 2 is 1.56 bits per heavy atom. The van der Waals surface area contributed by atoms with Crippen LogP contribution in [0.1, 0.15) is 33.1 Å². The average Bonchev–Trinajstić information content (AvgIpc) is 2.61. The van der Waals surface area contributed by atoms with Crippen LogP contribution >= 0.6 is 0 Å². The number of urea groups is 1. The molecule has 2 aliphatic heterocycles. The van der Waals surface area contributed by atoms with Gasteiger partial charge in [0.2, 0.25) is 5.91 Å². The molecule has 1 aromatic carbocycles. The van der Waals surface area contributed by atoms with Crippen LogP contribution in [-0.4, -0.2) is 47.9 Å². The molecular formula is C20H29N3O2. The van der Waals surface area contributed by atoms with E-state index in [0.29, 0.717) is 30.8 Å². The molecule has 0 aliphatic carbocycles. The zero-order chi connectivity index (χ0) is 17.8. The fourth-order valence-corrected chi connectivity index (χ4v) is 4.15. The van der Waals surface area contributed by atoms with Gasteiger partial charge in [0.15, 0.2) is 0 Å². The minimum Gasteiger partial charge on any atom is -0.342 e. The Labute approximate surface area is 150 Å². The monoisotopic (exact) mass is 343 g/mol. The normalized spacial score (nSPS) is 24.9. The third-order valence-electron chi connectivity index (χ3n) is 5.34. The Balaban J connectivity index is 1.49. The van der Waals surface area contributed by atoms with Gasteiger partial charge in [0.05, 0.1) is 0 Å². The van der Waals surface area contributed by atoms with Crippen molar-refractivity contribution in [3.8, 4) is 0 Å². The van der Waals surface area contributed by atoms with Gasteiger partial charge in [0, 0.05) is 37.8 Å². The summed E-state index contributed by atoms with van der Waals surface area (Å²) in [5.74, 6) is 1.54. The van der Waals surface area contributed by atoms with E-state index in [4.69, 9.17) is 0 Å². The lowest BCUT2D eigenvalue weighted by Gasteiger charge is -2.39. The van der Waals surface area contributed by atoms with Crippen LogP contribution in [0.15, 0.2) is 30.3 Å². The molecule has 136 valence electrons. The van der Waals surface area contributed by atoms with Gasteiger partial charge in [-0.25, -0.2) is 4.79 Å². The van der Waals surface area contributed by atoms with Gasteiger partial charge in [0.1, 0.15) is 0 Å². The van der Waals surface area contributed by atoms with Crippen LogP contribution < -0.4 is 5.32 Å². The number of carbonyl (C=O) groups is 2. The number of anilines is 1. The molecule has 2 aliphatic rings. The van der Waals surface area contributed by atoms with E-state index in [0.717, 1.165) is 31.6 Å². The second kappa shape index (κ2) is 7.89. The molecule has 0 radical (unpaired) electrons. The average molecular weight is 343 g/mol. The van der Waals surface area contributed by atoms with Gasteiger partial charge >= 0.3 is 6.03 Å². The maximum atomic E-state index is 12.8. The SMILES string of the molecule is C[C@H]1C[C@H](C)CN(C(=O)C2CCN(C(=O)Nc3ccccc3)CC2)C1. The van der Waals surface area contributed by atoms with E-state index in [-0.39, 0.29) is 11.9 Å². The molecule has 0 aromatic heterocycles. The predicted molar refractivity (Wildman–Crippen MR) is 99.3 cm³/mol. The zero-order valence-corrected chi connectivity index (χ0v) is 15.3. The molecule has 0 unspecified atom stereocenters. The van der Waals surface area contributed by atoms with E-state index in [2.05, 4.69) is 24.1 Å². The highest BCUT2D eigenvalue weighted by molar-refractivity contribution is 5.89. The molecular weight excluding hydrogens is 314 g/mol. The standard InChI is InChI=1S/C20H29N3O2/c1-15-12-16(2)14-23(13-15)19(24)17-8-10-22(11-9-17)20(25)21-18-6-4-3-5-7-18/h3-7,15-17H,8-14H2,1-2H3,(H,21,25)/t15-,16-/m0/s1. The van der Waals surface area contributed by atoms with Crippen LogP contribution in [0.2, 0.25) is 0 Å². The molecule has 25 heavy (non-hydrogen) atoms. The number of carbonyl (C=O) groups excluding carboxylic acids is 2. The highest BCUT2D eigenvalue weighted by Gasteiger charge is 2.33. The van der Waals surface area contributed by atoms with E-state index in [1.165, 1.54) is 6.42 Å². The number of nitrogens with one attached hydrogen (secondary N) is 1. The van der Waals surface area contributed by atoms with Crippen molar-refractivity contribution in [1.82, 2.24) is 9.80 Å². The van der Waals surface area contributed by atoms with Gasteiger partial charge in [-0.1, -0.05) is 32.0 Å². The quantitative estimate of drug-likeness (QED) is 0.894. The van der Waals surface area contributed by atoms with Crippen molar-refractivity contribution >= 4 is 17.6 Å². The van der Waals surface area contributed by atoms with Crippen LogP contribution in [0.5, 0.6) is 0 Å². The molecule has 3 amide bonds. The maximum absolute atomic E-state index is 12.8. The summed E-state index contributed by atoms with van der Waals surface area (Å²) in [6.45, 7) is 7.52. The summed E-state index contributed by atoms with van der Waals surface area (Å²) in [5, 5.41) is 2.92. The van der Waals surface area contributed by atoms with E-state index in [9.17, 15) is 9.59 Å². The predicted octanol–water partition coefficient (Wildman–Crippen LogP) is 3.44. The van der Waals surface area contributed by atoms with E-state index >= 15 is 0 Å². The minimum absolute atomic E-state index is 0.0678. The molecule has 2 fully saturated rings. The highest BCUT2D eigenvalue weighted by Crippen LogP contribution is 2.26. The second-order valence-corrected chi connectivity index (χ2v) is 7.75. The zero-order valence-electron chi connectivity index (χ0n) is 15.3. The molecule has 5 heteroatoms. The first kappa shape index (κ1) is 17.8. The summed E-state index contributed by atoms with van der Waals surface area (Å²) >= 11 is 0. The summed E-state index contributed by atoms with van der Waals surface area (Å²) in [4.78, 5) is 29.0. The third-order valence-corrected chi connectivity index (χ3v) is 5.34. The number of para-hydroxylation sites is 1. The molecule has 3 rings (SSSR count). The number of benzene rings is 1. The Bertz CT molecular complexity index is 586. The summed E-state index contributed by atoms with van der Waals surface area (Å²) < 4.78 is 0. The van der Waals surface area contributed by atoms with Crippen molar-refractivity contribution in [2.24, 2.45) is 17.8 Å². The molecule has 5 nitrogen and oxygen atoms in total. The fourth-order valence-electron chi connectivity index (χ4n) is 4.15. The first-order valence-electron chi connectivity index (χ1n) is 9.42. The van der Waals surface area contributed by atoms with E-state index in [1.807, 2.05) is 35.2 Å². The van der Waals surface area contributed by atoms with Crippen LogP contribution in [0.3, 0.4) is 0 Å². The van der Waals surface area contributed by atoms with Crippen molar-refractivity contribution in [2.75, 3.05) is 31.5 Å². The first-order chi connectivity index (χ1) is 12.0. The Morgan fingerprint density at radius 3 is 2.16 bits per heavy atom. The maximum Gasteiger partial charge on any atom is 0.321 e. The van der Waals surface area contributed by atoms with Gasteiger partial charge in [-0.2, -0.15) is 0 Å². The van der Waals surface area contributed by atoms with Crippen molar-refractivity contribution in [3.05, 3.63) is 30.3 Å². The Hall–Kier alpha value is -2.04. The van der Waals surface area contributed by atoms with Gasteiger partial charge in [0.25, 0.3) is 0 Å². The van der Waals surface area contributed by atoms with Crippen LogP contribution in [-0.2, 0) is 4.79 Å². The van der Waals surface area contributed by atoms with Crippen LogP contribution in [0, 0.1) is 17.8 Å². The number of rotatable bonds is 2. The van der Waals surface area contributed by atoms with Gasteiger partial charge in [-0.05, 0) is 43.2 Å². The van der Waals surface area contributed by atoms with Crippen LogP contribution in [0.4, 0.5) is 10.5 Å². The van der Waals surface area contributed by atoms with E-state index < -0.39 is 0 Å². The largest absolute Gasteiger partial charge is 0.342 e. The third kappa shape index (κ3) is 4.53. The number of piperidine rings is 2. The van der Waals surface area contributed by atoms with Crippen molar-refractivity contribution in [1.29, 1.82) is 0 Å². The Kier molecular flexibility index (Phi) is 5.61. The second-order valence-electron chi connectivity index (χ2n) is 7.75. The molecule has 2 atom stereocenters. The molecule has 1 aromatic rings. The lowest BCUT2D eigenvalue weighted by Crippen LogP contribution is -2.49. The molecule has 2 heterocycles. The van der Waals surface area contributed by atoms with Crippen molar-refractivity contribution in [2.45, 2.75) is 33.1 Å². The number of amides is 3. The van der Waals surface area contributed by atoms with E-state index in [1.54, 1.807) is 0 Å². The number of hydrogen-bond acceptors (Lipinski definition) is 2. The number of hydrogen-bond donors (Lipinski definition) is 1. The summed E-state index contributed by atoms with van der Waals surface area (Å²) in [5.41, 5.74) is 0.807. The number of likely N-dealkylation sites (tertiary alicyclic amines) is 2. The number of nitrogens with zero attached hydrogens (tertiary/aromatic N) is 2. The minimum atomic E-state index is -0.0719. The summed E-state index contributed by atoms with van der Waals surface area (Å²) in [6, 6.07) is 9.43. The van der Waals surface area contributed by atoms with Gasteiger partial charge in [-0.3, -0.25) is 4.79 Å². The lowest BCUT2D eigenvalue weighted by molar-refractivity contribution is -0.139. The summed E-state index contributed by atoms with van der Waals surface area (Å²) in [6.07, 6.45) is 2.74. The smallest absolute Gasteiger partial charge is 0.321 e. The molecule has 2 saturated heterocycles. The van der Waals surface area contributed by atoms with Gasteiger partial charge < -0.3 is 15.1 Å². The topological polar surface area (TPSA) is 52.7 Å². The Morgan fingerprint density at radius 1 is 0.960 bits per heavy atom. The van der Waals surface area contributed by atoms with Crippen molar-refractivity contribution < 1.29 is 9.59 Å².